The van der Waals surface area contributed by atoms with Crippen LogP contribution in [0, 0.1) is 12.3 Å². The van der Waals surface area contributed by atoms with Crippen LogP contribution >= 0.6 is 0 Å². The van der Waals surface area contributed by atoms with Gasteiger partial charge in [-0.15, -0.1) is 0 Å². The second-order valence-electron chi connectivity index (χ2n) is 10.4. The van der Waals surface area contributed by atoms with E-state index in [-0.39, 0.29) is 41.9 Å². The molecule has 4 fully saturated rings. The number of amides is 1. The Labute approximate surface area is 195 Å². The molecule has 4 aliphatic rings. The Balaban J connectivity index is 1.06. The molecule has 2 aromatic rings. The van der Waals surface area contributed by atoms with Gasteiger partial charge in [0.25, 0.3) is 5.91 Å². The Morgan fingerprint density at radius 1 is 1.21 bits per heavy atom. The van der Waals surface area contributed by atoms with Crippen molar-refractivity contribution in [3.05, 3.63) is 41.6 Å². The van der Waals surface area contributed by atoms with Crippen molar-refractivity contribution in [2.75, 3.05) is 26.2 Å². The molecule has 1 saturated heterocycles. The zero-order chi connectivity index (χ0) is 24.1. The van der Waals surface area contributed by atoms with Crippen LogP contribution in [0.4, 0.5) is 13.2 Å². The van der Waals surface area contributed by atoms with Crippen LogP contribution in [0.1, 0.15) is 48.2 Å². The van der Waals surface area contributed by atoms with Crippen LogP contribution in [0.2, 0.25) is 0 Å². The molecule has 1 aromatic carbocycles. The number of fused-ring (bicyclic) bond motifs is 1. The summed E-state index contributed by atoms with van der Waals surface area (Å²) in [6.07, 6.45) is -1.39. The number of benzene rings is 1. The van der Waals surface area contributed by atoms with E-state index in [1.54, 1.807) is 6.07 Å². The quantitative estimate of drug-likeness (QED) is 0.629. The van der Waals surface area contributed by atoms with Crippen molar-refractivity contribution in [1.82, 2.24) is 15.2 Å². The number of carbonyl (C=O) groups excluding carboxylic acids is 2. The topological polar surface area (TPSA) is 71.5 Å². The molecule has 3 aliphatic carbocycles. The SMILES string of the molecule is Cc1ccc2nc(C(=O)NC34CC(CC(=O)CO[C@@H]5CCN(CC(F)(F)F)C5)(C3)C4)ccc2c1. The summed E-state index contributed by atoms with van der Waals surface area (Å²) in [6.45, 7) is 1.54. The van der Waals surface area contributed by atoms with Gasteiger partial charge >= 0.3 is 6.18 Å². The lowest BCUT2D eigenvalue weighted by Crippen LogP contribution is -2.75. The molecular formula is C25H28F3N3O3. The van der Waals surface area contributed by atoms with Crippen molar-refractivity contribution >= 4 is 22.6 Å². The lowest BCUT2D eigenvalue weighted by Gasteiger charge is -2.70. The number of aryl methyl sites for hydroxylation is 1. The van der Waals surface area contributed by atoms with Gasteiger partial charge in [0.15, 0.2) is 5.78 Å². The largest absolute Gasteiger partial charge is 0.401 e. The van der Waals surface area contributed by atoms with Gasteiger partial charge in [0.05, 0.1) is 18.2 Å². The first-order valence-corrected chi connectivity index (χ1v) is 11.6. The van der Waals surface area contributed by atoms with Crippen molar-refractivity contribution in [3.8, 4) is 0 Å². The molecule has 2 heterocycles. The van der Waals surface area contributed by atoms with Gasteiger partial charge < -0.3 is 10.1 Å². The summed E-state index contributed by atoms with van der Waals surface area (Å²) in [5.41, 5.74) is 1.96. The number of alkyl halides is 3. The number of aromatic nitrogens is 1. The second-order valence-corrected chi connectivity index (χ2v) is 10.4. The summed E-state index contributed by atoms with van der Waals surface area (Å²) in [4.78, 5) is 31.0. The Kier molecular flexibility index (Phi) is 5.67. The van der Waals surface area contributed by atoms with Gasteiger partial charge in [-0.1, -0.05) is 17.7 Å². The standard InChI is InChI=1S/C25H28F3N3O3/c1-16-2-4-20-17(8-16)3-5-21(29-20)22(33)30-24-12-23(13-24,14-24)9-18(32)11-34-19-6-7-31(10-19)15-25(26,27)28/h2-5,8,19H,6-7,9-15H2,1H3,(H,30,33)/t19-,23?,24?/m1/s1. The highest BCUT2D eigenvalue weighted by molar-refractivity contribution is 5.95. The van der Waals surface area contributed by atoms with Crippen molar-refractivity contribution in [2.45, 2.75) is 56.8 Å². The average Bonchev–Trinajstić information content (AvgIpc) is 3.14. The molecule has 0 unspecified atom stereocenters. The highest BCUT2D eigenvalue weighted by atomic mass is 19.4. The molecule has 1 N–H and O–H groups in total. The molecule has 0 radical (unpaired) electrons. The van der Waals surface area contributed by atoms with Gasteiger partial charge in [-0.3, -0.25) is 14.5 Å². The van der Waals surface area contributed by atoms with Gasteiger partial charge in [0.1, 0.15) is 12.3 Å². The smallest absolute Gasteiger partial charge is 0.369 e. The summed E-state index contributed by atoms with van der Waals surface area (Å²) in [7, 11) is 0. The molecule has 1 aliphatic heterocycles. The number of rotatable bonds is 8. The van der Waals surface area contributed by atoms with E-state index in [1.165, 1.54) is 4.90 Å². The van der Waals surface area contributed by atoms with Crippen molar-refractivity contribution in [3.63, 3.8) is 0 Å². The third-order valence-corrected chi connectivity index (χ3v) is 7.28. The Morgan fingerprint density at radius 3 is 2.71 bits per heavy atom. The van der Waals surface area contributed by atoms with Gasteiger partial charge in [-0.25, -0.2) is 4.98 Å². The first-order chi connectivity index (χ1) is 16.0. The number of halogens is 3. The fourth-order valence-electron chi connectivity index (χ4n) is 6.00. The maximum absolute atomic E-state index is 12.7. The average molecular weight is 476 g/mol. The number of likely N-dealkylation sites (tertiary alicyclic amines) is 1. The summed E-state index contributed by atoms with van der Waals surface area (Å²) in [6, 6.07) is 9.54. The molecule has 182 valence electrons. The molecular weight excluding hydrogens is 447 g/mol. The third-order valence-electron chi connectivity index (χ3n) is 7.28. The molecule has 1 amide bonds. The zero-order valence-electron chi connectivity index (χ0n) is 19.1. The number of Topliss-reactive ketones (excluding diaryl/α,β-unsaturated/α-hetero) is 1. The fourth-order valence-corrected chi connectivity index (χ4v) is 6.00. The van der Waals surface area contributed by atoms with Gasteiger partial charge in [0.2, 0.25) is 0 Å². The van der Waals surface area contributed by atoms with Crippen LogP contribution in [-0.4, -0.2) is 65.6 Å². The molecule has 1 aromatic heterocycles. The van der Waals surface area contributed by atoms with E-state index in [0.29, 0.717) is 25.1 Å². The molecule has 1 atom stereocenters. The maximum Gasteiger partial charge on any atom is 0.401 e. The highest BCUT2D eigenvalue weighted by Gasteiger charge is 2.68. The van der Waals surface area contributed by atoms with Crippen LogP contribution in [0.3, 0.4) is 0 Å². The molecule has 3 saturated carbocycles. The van der Waals surface area contributed by atoms with Crippen LogP contribution in [0.15, 0.2) is 30.3 Å². The molecule has 6 nitrogen and oxygen atoms in total. The summed E-state index contributed by atoms with van der Waals surface area (Å²) in [5, 5.41) is 4.10. The first-order valence-electron chi connectivity index (χ1n) is 11.6. The highest BCUT2D eigenvalue weighted by Crippen LogP contribution is 2.69. The summed E-state index contributed by atoms with van der Waals surface area (Å²) < 4.78 is 43.1. The third kappa shape index (κ3) is 4.81. The van der Waals surface area contributed by atoms with Gasteiger partial charge in [0, 0.05) is 30.4 Å². The van der Waals surface area contributed by atoms with E-state index in [9.17, 15) is 22.8 Å². The molecule has 2 bridgehead atoms. The number of carbonyl (C=O) groups is 2. The number of pyridine rings is 1. The molecule has 6 rings (SSSR count). The lowest BCUT2D eigenvalue weighted by atomic mass is 9.38. The predicted molar refractivity (Wildman–Crippen MR) is 119 cm³/mol. The van der Waals surface area contributed by atoms with Crippen LogP contribution in [0.5, 0.6) is 0 Å². The predicted octanol–water partition coefficient (Wildman–Crippen LogP) is 3.81. The number of ether oxygens (including phenoxy) is 1. The molecule has 0 spiro atoms. The van der Waals surface area contributed by atoms with E-state index >= 15 is 0 Å². The Hall–Kier alpha value is -2.52. The minimum Gasteiger partial charge on any atom is -0.369 e. The van der Waals surface area contributed by atoms with Crippen LogP contribution in [-0.2, 0) is 9.53 Å². The Morgan fingerprint density at radius 2 is 1.97 bits per heavy atom. The van der Waals surface area contributed by atoms with Crippen LogP contribution in [0.25, 0.3) is 10.9 Å². The van der Waals surface area contributed by atoms with E-state index in [1.807, 2.05) is 31.2 Å². The zero-order valence-corrected chi connectivity index (χ0v) is 19.1. The number of hydrogen-bond donors (Lipinski definition) is 1. The van der Waals surface area contributed by atoms with E-state index in [0.717, 1.165) is 35.7 Å². The fraction of sp³-hybridized carbons (Fsp3) is 0.560. The van der Waals surface area contributed by atoms with Gasteiger partial charge in [-0.2, -0.15) is 13.2 Å². The number of nitrogens with zero attached hydrogens (tertiary/aromatic N) is 2. The number of ketones is 1. The normalized spacial score (nSPS) is 28.4. The maximum atomic E-state index is 12.7. The molecule has 34 heavy (non-hydrogen) atoms. The van der Waals surface area contributed by atoms with E-state index in [2.05, 4.69) is 10.3 Å². The van der Waals surface area contributed by atoms with Crippen molar-refractivity contribution in [2.24, 2.45) is 5.41 Å². The lowest BCUT2D eigenvalue weighted by molar-refractivity contribution is -0.165. The van der Waals surface area contributed by atoms with Crippen molar-refractivity contribution in [1.29, 1.82) is 0 Å². The summed E-state index contributed by atoms with van der Waals surface area (Å²) >= 11 is 0. The second kappa shape index (κ2) is 8.30. The van der Waals surface area contributed by atoms with Crippen molar-refractivity contribution < 1.29 is 27.5 Å². The summed E-state index contributed by atoms with van der Waals surface area (Å²) in [5.74, 6) is -0.226. The molecule has 9 heteroatoms. The van der Waals surface area contributed by atoms with Crippen LogP contribution < -0.4 is 5.32 Å². The number of nitrogens with one attached hydrogen (secondary N) is 1. The minimum absolute atomic E-state index is 0.0274. The number of hydrogen-bond acceptors (Lipinski definition) is 5. The van der Waals surface area contributed by atoms with E-state index in [4.69, 9.17) is 4.74 Å². The Bertz CT molecular complexity index is 1110. The van der Waals surface area contributed by atoms with E-state index < -0.39 is 12.7 Å². The minimum atomic E-state index is -4.22. The first kappa shape index (κ1) is 23.2. The monoisotopic (exact) mass is 475 g/mol. The van der Waals surface area contributed by atoms with Gasteiger partial charge in [-0.05, 0) is 56.2 Å².